The third kappa shape index (κ3) is 4.21. The quantitative estimate of drug-likeness (QED) is 0.888. The zero-order chi connectivity index (χ0) is 14.5. The van der Waals surface area contributed by atoms with Gasteiger partial charge >= 0.3 is 0 Å². The molecule has 0 bridgehead atoms. The Morgan fingerprint density at radius 3 is 2.60 bits per heavy atom. The van der Waals surface area contributed by atoms with Crippen molar-refractivity contribution in [3.05, 3.63) is 45.4 Å². The molecule has 0 saturated carbocycles. The summed E-state index contributed by atoms with van der Waals surface area (Å²) in [5, 5.41) is 7.02. The second kappa shape index (κ2) is 6.72. The Kier molecular flexibility index (Phi) is 4.98. The molecule has 0 spiro atoms. The van der Waals surface area contributed by atoms with E-state index < -0.39 is 0 Å². The number of hydrogen-bond acceptors (Lipinski definition) is 4. The minimum Gasteiger partial charge on any atom is -0.379 e. The zero-order valence-electron chi connectivity index (χ0n) is 11.3. The van der Waals surface area contributed by atoms with Crippen LogP contribution in [0.5, 0.6) is 0 Å². The SMILES string of the molecule is CC(C)NC(=O)c1ccc(NCc2ncc(Cl)s2)cc1. The van der Waals surface area contributed by atoms with Gasteiger partial charge < -0.3 is 10.6 Å². The van der Waals surface area contributed by atoms with Crippen LogP contribution >= 0.6 is 22.9 Å². The summed E-state index contributed by atoms with van der Waals surface area (Å²) < 4.78 is 0.683. The summed E-state index contributed by atoms with van der Waals surface area (Å²) >= 11 is 7.27. The number of rotatable bonds is 5. The summed E-state index contributed by atoms with van der Waals surface area (Å²) in [4.78, 5) is 16.0. The Balaban J connectivity index is 1.93. The van der Waals surface area contributed by atoms with Gasteiger partial charge in [-0.1, -0.05) is 11.6 Å². The fourth-order valence-corrected chi connectivity index (χ4v) is 2.53. The normalized spacial score (nSPS) is 10.6. The first-order valence-corrected chi connectivity index (χ1v) is 7.49. The third-order valence-corrected chi connectivity index (χ3v) is 3.65. The molecule has 0 saturated heterocycles. The Labute approximate surface area is 127 Å². The van der Waals surface area contributed by atoms with Crippen LogP contribution in [0, 0.1) is 0 Å². The van der Waals surface area contributed by atoms with Gasteiger partial charge in [0.05, 0.1) is 12.7 Å². The lowest BCUT2D eigenvalue weighted by molar-refractivity contribution is 0.0943. The smallest absolute Gasteiger partial charge is 0.251 e. The van der Waals surface area contributed by atoms with Crippen molar-refractivity contribution in [2.45, 2.75) is 26.4 Å². The standard InChI is InChI=1S/C14H16ClN3OS/c1-9(2)18-14(19)10-3-5-11(6-4-10)16-8-13-17-7-12(15)20-13/h3-7,9,16H,8H2,1-2H3,(H,18,19). The highest BCUT2D eigenvalue weighted by atomic mass is 35.5. The van der Waals surface area contributed by atoms with Gasteiger partial charge in [0.25, 0.3) is 5.91 Å². The molecule has 0 aliphatic heterocycles. The van der Waals surface area contributed by atoms with E-state index in [1.165, 1.54) is 11.3 Å². The molecule has 106 valence electrons. The van der Waals surface area contributed by atoms with E-state index in [9.17, 15) is 4.79 Å². The molecule has 1 aromatic carbocycles. The molecular formula is C14H16ClN3OS. The van der Waals surface area contributed by atoms with Crippen LogP contribution in [-0.2, 0) is 6.54 Å². The number of anilines is 1. The van der Waals surface area contributed by atoms with Gasteiger partial charge in [0.15, 0.2) is 0 Å². The molecule has 2 aromatic rings. The number of amides is 1. The number of thiazole rings is 1. The number of aromatic nitrogens is 1. The monoisotopic (exact) mass is 309 g/mol. The lowest BCUT2D eigenvalue weighted by Gasteiger charge is -2.09. The topological polar surface area (TPSA) is 54.0 Å². The molecule has 6 heteroatoms. The lowest BCUT2D eigenvalue weighted by atomic mass is 10.2. The average Bonchev–Trinajstić information content (AvgIpc) is 2.82. The molecule has 0 aliphatic rings. The van der Waals surface area contributed by atoms with Gasteiger partial charge in [-0.25, -0.2) is 4.98 Å². The number of halogens is 1. The highest BCUT2D eigenvalue weighted by molar-refractivity contribution is 7.15. The van der Waals surface area contributed by atoms with E-state index in [2.05, 4.69) is 15.6 Å². The van der Waals surface area contributed by atoms with Crippen LogP contribution in [-0.4, -0.2) is 16.9 Å². The van der Waals surface area contributed by atoms with Crippen molar-refractivity contribution in [3.63, 3.8) is 0 Å². The molecule has 0 radical (unpaired) electrons. The number of hydrogen-bond donors (Lipinski definition) is 2. The molecule has 1 amide bonds. The van der Waals surface area contributed by atoms with Gasteiger partial charge in [-0.3, -0.25) is 4.79 Å². The zero-order valence-corrected chi connectivity index (χ0v) is 12.9. The summed E-state index contributed by atoms with van der Waals surface area (Å²) in [6, 6.07) is 7.49. The van der Waals surface area contributed by atoms with Crippen molar-refractivity contribution in [1.82, 2.24) is 10.3 Å². The Morgan fingerprint density at radius 1 is 1.35 bits per heavy atom. The van der Waals surface area contributed by atoms with Crippen molar-refractivity contribution in [2.75, 3.05) is 5.32 Å². The van der Waals surface area contributed by atoms with Crippen molar-refractivity contribution < 1.29 is 4.79 Å². The highest BCUT2D eigenvalue weighted by Gasteiger charge is 2.06. The molecule has 2 rings (SSSR count). The van der Waals surface area contributed by atoms with Crippen LogP contribution in [0.4, 0.5) is 5.69 Å². The number of nitrogens with one attached hydrogen (secondary N) is 2. The number of benzene rings is 1. The summed E-state index contributed by atoms with van der Waals surface area (Å²) in [5.74, 6) is -0.0572. The van der Waals surface area contributed by atoms with Gasteiger partial charge in [0.2, 0.25) is 0 Å². The number of carbonyl (C=O) groups excluding carboxylic acids is 1. The van der Waals surface area contributed by atoms with E-state index in [0.29, 0.717) is 16.4 Å². The van der Waals surface area contributed by atoms with E-state index in [1.807, 2.05) is 26.0 Å². The molecular weight excluding hydrogens is 294 g/mol. The third-order valence-electron chi connectivity index (χ3n) is 2.54. The van der Waals surface area contributed by atoms with Crippen molar-refractivity contribution in [1.29, 1.82) is 0 Å². The van der Waals surface area contributed by atoms with Crippen LogP contribution in [0.15, 0.2) is 30.5 Å². The van der Waals surface area contributed by atoms with Gasteiger partial charge in [-0.05, 0) is 38.1 Å². The van der Waals surface area contributed by atoms with E-state index in [1.54, 1.807) is 18.3 Å². The van der Waals surface area contributed by atoms with Crippen molar-refractivity contribution >= 4 is 34.5 Å². The van der Waals surface area contributed by atoms with E-state index >= 15 is 0 Å². The predicted octanol–water partition coefficient (Wildman–Crippen LogP) is 3.55. The summed E-state index contributed by atoms with van der Waals surface area (Å²) in [6.07, 6.45) is 1.64. The molecule has 0 aliphatic carbocycles. The minimum atomic E-state index is -0.0572. The Bertz CT molecular complexity index is 580. The first-order valence-electron chi connectivity index (χ1n) is 6.29. The molecule has 20 heavy (non-hydrogen) atoms. The molecule has 0 atom stereocenters. The molecule has 2 N–H and O–H groups in total. The first kappa shape index (κ1) is 14.8. The van der Waals surface area contributed by atoms with Crippen LogP contribution in [0.2, 0.25) is 4.34 Å². The van der Waals surface area contributed by atoms with Gasteiger partial charge in [0.1, 0.15) is 9.34 Å². The summed E-state index contributed by atoms with van der Waals surface area (Å²) in [5.41, 5.74) is 1.60. The van der Waals surface area contributed by atoms with Crippen molar-refractivity contribution in [3.8, 4) is 0 Å². The molecule has 1 aromatic heterocycles. The van der Waals surface area contributed by atoms with Gasteiger partial charge in [-0.2, -0.15) is 0 Å². The first-order chi connectivity index (χ1) is 9.54. The van der Waals surface area contributed by atoms with Crippen LogP contribution in [0.25, 0.3) is 0 Å². The second-order valence-corrected chi connectivity index (χ2v) is 6.36. The molecule has 1 heterocycles. The maximum absolute atomic E-state index is 11.8. The Morgan fingerprint density at radius 2 is 2.05 bits per heavy atom. The summed E-state index contributed by atoms with van der Waals surface area (Å²) in [6.45, 7) is 4.49. The van der Waals surface area contributed by atoms with E-state index in [-0.39, 0.29) is 11.9 Å². The fourth-order valence-electron chi connectivity index (χ4n) is 1.63. The fraction of sp³-hybridized carbons (Fsp3) is 0.286. The number of nitrogens with zero attached hydrogens (tertiary/aromatic N) is 1. The van der Waals surface area contributed by atoms with Crippen LogP contribution < -0.4 is 10.6 Å². The lowest BCUT2D eigenvalue weighted by Crippen LogP contribution is -2.29. The maximum atomic E-state index is 11.8. The molecule has 0 fully saturated rings. The van der Waals surface area contributed by atoms with Crippen molar-refractivity contribution in [2.24, 2.45) is 0 Å². The molecule has 0 unspecified atom stereocenters. The second-order valence-electron chi connectivity index (χ2n) is 4.62. The molecule has 4 nitrogen and oxygen atoms in total. The van der Waals surface area contributed by atoms with E-state index in [4.69, 9.17) is 11.6 Å². The van der Waals surface area contributed by atoms with Gasteiger partial charge in [0, 0.05) is 17.3 Å². The highest BCUT2D eigenvalue weighted by Crippen LogP contribution is 2.19. The summed E-state index contributed by atoms with van der Waals surface area (Å²) in [7, 11) is 0. The Hall–Kier alpha value is -1.59. The largest absolute Gasteiger partial charge is 0.379 e. The van der Waals surface area contributed by atoms with Crippen LogP contribution in [0.1, 0.15) is 29.2 Å². The predicted molar refractivity (Wildman–Crippen MR) is 83.5 cm³/mol. The van der Waals surface area contributed by atoms with Gasteiger partial charge in [-0.15, -0.1) is 11.3 Å². The van der Waals surface area contributed by atoms with Crippen LogP contribution in [0.3, 0.4) is 0 Å². The van der Waals surface area contributed by atoms with E-state index in [0.717, 1.165) is 10.7 Å². The average molecular weight is 310 g/mol. The maximum Gasteiger partial charge on any atom is 0.251 e. The number of carbonyl (C=O) groups is 1. The minimum absolute atomic E-state index is 0.0572.